The van der Waals surface area contributed by atoms with Gasteiger partial charge in [-0.05, 0) is 31.2 Å². The van der Waals surface area contributed by atoms with Gasteiger partial charge in [-0.15, -0.1) is 0 Å². The molecule has 0 aliphatic rings. The number of pyridine rings is 2. The van der Waals surface area contributed by atoms with Crippen LogP contribution in [0.15, 0.2) is 41.5 Å². The van der Waals surface area contributed by atoms with Gasteiger partial charge in [-0.25, -0.2) is 0 Å². The molecule has 0 amide bonds. The maximum Gasteiger partial charge on any atom is 0.278 e. The second-order valence-corrected chi connectivity index (χ2v) is 3.25. The van der Waals surface area contributed by atoms with Crippen LogP contribution >= 0.6 is 0 Å². The molecule has 0 aliphatic carbocycles. The monoisotopic (exact) mass is 201 g/mol. The van der Waals surface area contributed by atoms with Crippen LogP contribution < -0.4 is 11.3 Å². The van der Waals surface area contributed by atoms with E-state index in [1.807, 2.05) is 13.0 Å². The summed E-state index contributed by atoms with van der Waals surface area (Å²) < 4.78 is 1.50. The second kappa shape index (κ2) is 3.57. The highest BCUT2D eigenvalue weighted by Crippen LogP contribution is 2.08. The van der Waals surface area contributed by atoms with Gasteiger partial charge in [0.15, 0.2) is 0 Å². The molecule has 0 aliphatic heterocycles. The van der Waals surface area contributed by atoms with Gasteiger partial charge in [-0.3, -0.25) is 14.3 Å². The summed E-state index contributed by atoms with van der Waals surface area (Å²) in [5.74, 6) is 0. The molecule has 0 spiro atoms. The largest absolute Gasteiger partial charge is 0.394 e. The molecule has 0 saturated heterocycles. The van der Waals surface area contributed by atoms with Crippen LogP contribution in [-0.2, 0) is 0 Å². The highest BCUT2D eigenvalue weighted by atomic mass is 16.1. The van der Waals surface area contributed by atoms with Crippen molar-refractivity contribution in [1.82, 2.24) is 9.55 Å². The van der Waals surface area contributed by atoms with Gasteiger partial charge in [0.1, 0.15) is 0 Å². The van der Waals surface area contributed by atoms with Crippen molar-refractivity contribution in [2.75, 3.05) is 5.73 Å². The van der Waals surface area contributed by atoms with Crippen molar-refractivity contribution in [3.05, 3.63) is 52.7 Å². The van der Waals surface area contributed by atoms with E-state index in [1.165, 1.54) is 4.57 Å². The summed E-state index contributed by atoms with van der Waals surface area (Å²) in [7, 11) is 0. The number of anilines is 1. The van der Waals surface area contributed by atoms with E-state index >= 15 is 0 Å². The van der Waals surface area contributed by atoms with Crippen LogP contribution in [0.2, 0.25) is 0 Å². The van der Waals surface area contributed by atoms with Gasteiger partial charge in [0.25, 0.3) is 5.56 Å². The van der Waals surface area contributed by atoms with E-state index in [2.05, 4.69) is 4.98 Å². The molecule has 0 bridgehead atoms. The molecule has 76 valence electrons. The molecule has 2 N–H and O–H groups in total. The summed E-state index contributed by atoms with van der Waals surface area (Å²) in [5, 5.41) is 0. The molecule has 0 fully saturated rings. The van der Waals surface area contributed by atoms with Crippen molar-refractivity contribution in [3.63, 3.8) is 0 Å². The summed E-state index contributed by atoms with van der Waals surface area (Å²) in [6.45, 7) is 1.85. The first kappa shape index (κ1) is 9.45. The molecule has 15 heavy (non-hydrogen) atoms. The van der Waals surface area contributed by atoms with Gasteiger partial charge in [-0.1, -0.05) is 0 Å². The summed E-state index contributed by atoms with van der Waals surface area (Å²) >= 11 is 0. The number of nitrogens with zero attached hydrogens (tertiary/aromatic N) is 2. The average molecular weight is 201 g/mol. The Hall–Kier alpha value is -2.10. The molecule has 0 saturated carbocycles. The molecule has 0 unspecified atom stereocenters. The first-order chi connectivity index (χ1) is 7.20. The van der Waals surface area contributed by atoms with Gasteiger partial charge in [0.05, 0.1) is 17.1 Å². The molecular weight excluding hydrogens is 190 g/mol. The minimum Gasteiger partial charge on any atom is -0.394 e. The Bertz CT molecular complexity index is 546. The maximum absolute atomic E-state index is 11.7. The van der Waals surface area contributed by atoms with Crippen molar-refractivity contribution in [1.29, 1.82) is 0 Å². The van der Waals surface area contributed by atoms with E-state index in [-0.39, 0.29) is 11.2 Å². The van der Waals surface area contributed by atoms with Crippen molar-refractivity contribution in [3.8, 4) is 5.69 Å². The number of rotatable bonds is 1. The van der Waals surface area contributed by atoms with Crippen molar-refractivity contribution in [2.24, 2.45) is 0 Å². The van der Waals surface area contributed by atoms with Crippen LogP contribution in [0.1, 0.15) is 5.69 Å². The fourth-order valence-electron chi connectivity index (χ4n) is 1.43. The summed E-state index contributed by atoms with van der Waals surface area (Å²) in [6, 6.07) is 6.95. The number of nitrogens with two attached hydrogens (primary N) is 1. The Morgan fingerprint density at radius 2 is 2.13 bits per heavy atom. The normalized spacial score (nSPS) is 10.2. The van der Waals surface area contributed by atoms with E-state index in [9.17, 15) is 4.79 Å². The summed E-state index contributed by atoms with van der Waals surface area (Å²) in [5.41, 5.74) is 7.13. The molecular formula is C11H11N3O. The van der Waals surface area contributed by atoms with Crippen LogP contribution in [0.25, 0.3) is 5.69 Å². The smallest absolute Gasteiger partial charge is 0.278 e. The van der Waals surface area contributed by atoms with Gasteiger partial charge in [-0.2, -0.15) is 0 Å². The Labute approximate surface area is 87.0 Å². The second-order valence-electron chi connectivity index (χ2n) is 3.25. The van der Waals surface area contributed by atoms with E-state index in [0.29, 0.717) is 0 Å². The number of hydrogen-bond acceptors (Lipinski definition) is 3. The minimum atomic E-state index is -0.214. The minimum absolute atomic E-state index is 0.214. The zero-order valence-corrected chi connectivity index (χ0v) is 8.34. The Kier molecular flexibility index (Phi) is 2.25. The van der Waals surface area contributed by atoms with Crippen molar-refractivity contribution in [2.45, 2.75) is 6.92 Å². The predicted octanol–water partition coefficient (Wildman–Crippen LogP) is 1.12. The molecule has 2 rings (SSSR count). The third kappa shape index (κ3) is 1.61. The molecule has 0 radical (unpaired) electrons. The number of aromatic nitrogens is 2. The lowest BCUT2D eigenvalue weighted by Crippen LogP contribution is -2.21. The fraction of sp³-hybridized carbons (Fsp3) is 0.0909. The van der Waals surface area contributed by atoms with Gasteiger partial charge < -0.3 is 5.73 Å². The summed E-state index contributed by atoms with van der Waals surface area (Å²) in [6.07, 6.45) is 3.37. The molecule has 2 aromatic rings. The first-order valence-electron chi connectivity index (χ1n) is 4.59. The van der Waals surface area contributed by atoms with Crippen LogP contribution in [0.5, 0.6) is 0 Å². The van der Waals surface area contributed by atoms with Gasteiger partial charge in [0, 0.05) is 12.4 Å². The first-order valence-corrected chi connectivity index (χ1v) is 4.59. The van der Waals surface area contributed by atoms with Gasteiger partial charge >= 0.3 is 0 Å². The average Bonchev–Trinajstić information content (AvgIpc) is 2.23. The SMILES string of the molecule is Cc1ncccc1-n1cccc(N)c1=O. The molecule has 4 heteroatoms. The van der Waals surface area contributed by atoms with Crippen molar-refractivity contribution < 1.29 is 0 Å². The highest BCUT2D eigenvalue weighted by molar-refractivity contribution is 5.41. The van der Waals surface area contributed by atoms with E-state index in [1.54, 1.807) is 30.6 Å². The standard InChI is InChI=1S/C11H11N3O/c1-8-10(5-2-6-13-8)14-7-3-4-9(12)11(14)15/h2-7H,12H2,1H3. The van der Waals surface area contributed by atoms with Crippen LogP contribution in [0, 0.1) is 6.92 Å². The zero-order valence-electron chi connectivity index (χ0n) is 8.34. The third-order valence-electron chi connectivity index (χ3n) is 2.22. The van der Waals surface area contributed by atoms with Crippen LogP contribution in [0.4, 0.5) is 5.69 Å². The predicted molar refractivity (Wildman–Crippen MR) is 59.0 cm³/mol. The summed E-state index contributed by atoms with van der Waals surface area (Å²) in [4.78, 5) is 15.9. The zero-order chi connectivity index (χ0) is 10.8. The third-order valence-corrected chi connectivity index (χ3v) is 2.22. The van der Waals surface area contributed by atoms with Crippen LogP contribution in [-0.4, -0.2) is 9.55 Å². The van der Waals surface area contributed by atoms with Crippen LogP contribution in [0.3, 0.4) is 0 Å². The lowest BCUT2D eigenvalue weighted by atomic mass is 10.3. The van der Waals surface area contributed by atoms with E-state index in [4.69, 9.17) is 5.73 Å². The Balaban J connectivity index is 2.70. The number of hydrogen-bond donors (Lipinski definition) is 1. The molecule has 2 heterocycles. The number of nitrogen functional groups attached to an aromatic ring is 1. The molecule has 4 nitrogen and oxygen atoms in total. The van der Waals surface area contributed by atoms with E-state index in [0.717, 1.165) is 11.4 Å². The maximum atomic E-state index is 11.7. The molecule has 2 aromatic heterocycles. The Morgan fingerprint density at radius 3 is 2.87 bits per heavy atom. The van der Waals surface area contributed by atoms with Crippen molar-refractivity contribution >= 4 is 5.69 Å². The highest BCUT2D eigenvalue weighted by Gasteiger charge is 2.04. The van der Waals surface area contributed by atoms with Gasteiger partial charge in [0.2, 0.25) is 0 Å². The molecule has 0 aromatic carbocycles. The quantitative estimate of drug-likeness (QED) is 0.752. The lowest BCUT2D eigenvalue weighted by molar-refractivity contribution is 0.960. The fourth-order valence-corrected chi connectivity index (χ4v) is 1.43. The topological polar surface area (TPSA) is 60.9 Å². The molecule has 0 atom stereocenters. The van der Waals surface area contributed by atoms with E-state index < -0.39 is 0 Å². The lowest BCUT2D eigenvalue weighted by Gasteiger charge is -2.07. The number of aryl methyl sites for hydroxylation is 1. The Morgan fingerprint density at radius 1 is 1.33 bits per heavy atom.